The zero-order valence-electron chi connectivity index (χ0n) is 11.4. The van der Waals surface area contributed by atoms with Gasteiger partial charge in [0, 0.05) is 17.3 Å². The van der Waals surface area contributed by atoms with Crippen LogP contribution in [0.15, 0.2) is 48.8 Å². The summed E-state index contributed by atoms with van der Waals surface area (Å²) >= 11 is 0. The summed E-state index contributed by atoms with van der Waals surface area (Å²) in [5.41, 5.74) is 3.35. The molecule has 0 saturated heterocycles. The molecule has 21 heavy (non-hydrogen) atoms. The molecule has 2 aromatic heterocycles. The van der Waals surface area contributed by atoms with E-state index in [2.05, 4.69) is 15.3 Å². The van der Waals surface area contributed by atoms with Crippen molar-refractivity contribution >= 4 is 28.2 Å². The van der Waals surface area contributed by atoms with Gasteiger partial charge in [-0.05, 0) is 31.2 Å². The summed E-state index contributed by atoms with van der Waals surface area (Å²) in [6.07, 6.45) is 3.30. The van der Waals surface area contributed by atoms with Crippen molar-refractivity contribution in [1.82, 2.24) is 9.97 Å². The average Bonchev–Trinajstić information content (AvgIpc) is 2.49. The number of aromatic nitrogens is 2. The second-order valence-electron chi connectivity index (χ2n) is 4.75. The normalized spacial score (nSPS) is 10.5. The molecule has 5 heteroatoms. The van der Waals surface area contributed by atoms with E-state index in [0.717, 1.165) is 11.1 Å². The summed E-state index contributed by atoms with van der Waals surface area (Å²) in [5, 5.41) is 13.1. The van der Waals surface area contributed by atoms with E-state index in [1.807, 2.05) is 31.2 Å². The average molecular weight is 279 g/mol. The number of hydrogen-bond acceptors (Lipinski definition) is 4. The van der Waals surface area contributed by atoms with E-state index in [9.17, 15) is 4.79 Å². The molecule has 0 bridgehead atoms. The lowest BCUT2D eigenvalue weighted by Gasteiger charge is -2.09. The smallest absolute Gasteiger partial charge is 0.354 e. The number of nitrogens with zero attached hydrogens (tertiary/aromatic N) is 2. The molecule has 0 spiro atoms. The first kappa shape index (κ1) is 13.1. The van der Waals surface area contributed by atoms with Crippen molar-refractivity contribution in [3.05, 3.63) is 60.0 Å². The molecule has 0 amide bonds. The van der Waals surface area contributed by atoms with E-state index in [0.29, 0.717) is 11.2 Å². The second-order valence-corrected chi connectivity index (χ2v) is 4.75. The molecule has 0 radical (unpaired) electrons. The molecule has 0 atom stereocenters. The van der Waals surface area contributed by atoms with Crippen LogP contribution in [0.1, 0.15) is 16.1 Å². The quantitative estimate of drug-likeness (QED) is 0.768. The monoisotopic (exact) mass is 279 g/mol. The third kappa shape index (κ3) is 2.67. The van der Waals surface area contributed by atoms with Crippen LogP contribution in [0.5, 0.6) is 0 Å². The highest BCUT2D eigenvalue weighted by atomic mass is 16.4. The van der Waals surface area contributed by atoms with Crippen molar-refractivity contribution in [2.45, 2.75) is 6.92 Å². The SMILES string of the molecule is Cc1ccc(Nc2cncc3ccc(C(=O)O)nc23)cc1. The summed E-state index contributed by atoms with van der Waals surface area (Å²) in [6.45, 7) is 2.02. The highest BCUT2D eigenvalue weighted by molar-refractivity contribution is 5.95. The van der Waals surface area contributed by atoms with Crippen LogP contribution in [0.2, 0.25) is 0 Å². The summed E-state index contributed by atoms with van der Waals surface area (Å²) in [7, 11) is 0. The van der Waals surface area contributed by atoms with Gasteiger partial charge in [0.15, 0.2) is 0 Å². The second kappa shape index (κ2) is 5.20. The van der Waals surface area contributed by atoms with Crippen molar-refractivity contribution in [2.75, 3.05) is 5.32 Å². The van der Waals surface area contributed by atoms with Gasteiger partial charge in [-0.2, -0.15) is 0 Å². The van der Waals surface area contributed by atoms with Crippen LogP contribution in [-0.4, -0.2) is 21.0 Å². The maximum Gasteiger partial charge on any atom is 0.354 e. The zero-order valence-corrected chi connectivity index (χ0v) is 11.4. The molecule has 0 aliphatic rings. The van der Waals surface area contributed by atoms with Crippen LogP contribution >= 0.6 is 0 Å². The number of aryl methyl sites for hydroxylation is 1. The van der Waals surface area contributed by atoms with Crippen LogP contribution in [0.25, 0.3) is 10.9 Å². The van der Waals surface area contributed by atoms with Gasteiger partial charge in [-0.1, -0.05) is 17.7 Å². The number of rotatable bonds is 3. The number of fused-ring (bicyclic) bond motifs is 1. The lowest BCUT2D eigenvalue weighted by atomic mass is 10.2. The highest BCUT2D eigenvalue weighted by Crippen LogP contribution is 2.24. The third-order valence-corrected chi connectivity index (χ3v) is 3.15. The first-order valence-electron chi connectivity index (χ1n) is 6.45. The highest BCUT2D eigenvalue weighted by Gasteiger charge is 2.09. The standard InChI is InChI=1S/C16H13N3O2/c1-10-2-5-12(6-3-10)18-14-9-17-8-11-4-7-13(16(20)21)19-15(11)14/h2-9,18H,1H3,(H,20,21). The molecule has 0 aliphatic heterocycles. The lowest BCUT2D eigenvalue weighted by molar-refractivity contribution is 0.0691. The number of pyridine rings is 2. The van der Waals surface area contributed by atoms with Crippen LogP contribution in [-0.2, 0) is 0 Å². The fraction of sp³-hybridized carbons (Fsp3) is 0.0625. The van der Waals surface area contributed by atoms with Gasteiger partial charge in [-0.3, -0.25) is 4.98 Å². The Balaban J connectivity index is 2.06. The molecule has 0 unspecified atom stereocenters. The number of aromatic carboxylic acids is 1. The van der Waals surface area contributed by atoms with Crippen LogP contribution in [0.3, 0.4) is 0 Å². The summed E-state index contributed by atoms with van der Waals surface area (Å²) in [6, 6.07) is 11.1. The molecule has 5 nitrogen and oxygen atoms in total. The first-order valence-corrected chi connectivity index (χ1v) is 6.45. The van der Waals surface area contributed by atoms with E-state index < -0.39 is 5.97 Å². The largest absolute Gasteiger partial charge is 0.477 e. The Kier molecular flexibility index (Phi) is 3.23. The molecule has 104 valence electrons. The third-order valence-electron chi connectivity index (χ3n) is 3.15. The summed E-state index contributed by atoms with van der Waals surface area (Å²) in [5.74, 6) is -1.05. The van der Waals surface area contributed by atoms with Crippen LogP contribution < -0.4 is 5.32 Å². The number of hydrogen-bond donors (Lipinski definition) is 2. The maximum atomic E-state index is 11.1. The van der Waals surface area contributed by atoms with Crippen LogP contribution in [0, 0.1) is 6.92 Å². The van der Waals surface area contributed by atoms with Crippen molar-refractivity contribution < 1.29 is 9.90 Å². The number of benzene rings is 1. The van der Waals surface area contributed by atoms with Gasteiger partial charge in [0.2, 0.25) is 0 Å². The first-order chi connectivity index (χ1) is 10.1. The molecular formula is C16H13N3O2. The van der Waals surface area contributed by atoms with E-state index in [1.165, 1.54) is 11.6 Å². The Morgan fingerprint density at radius 3 is 2.57 bits per heavy atom. The fourth-order valence-corrected chi connectivity index (χ4v) is 2.05. The van der Waals surface area contributed by atoms with Crippen LogP contribution in [0.4, 0.5) is 11.4 Å². The Hall–Kier alpha value is -2.95. The topological polar surface area (TPSA) is 75.1 Å². The molecular weight excluding hydrogens is 266 g/mol. The molecule has 3 aromatic rings. The Morgan fingerprint density at radius 1 is 1.10 bits per heavy atom. The molecule has 0 fully saturated rings. The summed E-state index contributed by atoms with van der Waals surface area (Å²) < 4.78 is 0. The van der Waals surface area contributed by atoms with Crippen molar-refractivity contribution in [2.24, 2.45) is 0 Å². The molecule has 0 aliphatic carbocycles. The Labute approximate surface area is 121 Å². The molecule has 3 rings (SSSR count). The molecule has 1 aromatic carbocycles. The van der Waals surface area contributed by atoms with E-state index in [4.69, 9.17) is 5.11 Å². The van der Waals surface area contributed by atoms with E-state index in [1.54, 1.807) is 18.5 Å². The molecule has 0 saturated carbocycles. The number of carbonyl (C=O) groups is 1. The van der Waals surface area contributed by atoms with Gasteiger partial charge in [-0.15, -0.1) is 0 Å². The van der Waals surface area contributed by atoms with Gasteiger partial charge in [0.25, 0.3) is 0 Å². The summed E-state index contributed by atoms with van der Waals surface area (Å²) in [4.78, 5) is 19.4. The predicted molar refractivity (Wildman–Crippen MR) is 81.0 cm³/mol. The van der Waals surface area contributed by atoms with Gasteiger partial charge in [0.05, 0.1) is 17.4 Å². The van der Waals surface area contributed by atoms with Gasteiger partial charge in [-0.25, -0.2) is 9.78 Å². The maximum absolute atomic E-state index is 11.1. The zero-order chi connectivity index (χ0) is 14.8. The van der Waals surface area contributed by atoms with Gasteiger partial charge in [0.1, 0.15) is 5.69 Å². The fourth-order valence-electron chi connectivity index (χ4n) is 2.05. The Morgan fingerprint density at radius 2 is 1.86 bits per heavy atom. The number of anilines is 2. The minimum Gasteiger partial charge on any atom is -0.477 e. The van der Waals surface area contributed by atoms with Crippen molar-refractivity contribution in [1.29, 1.82) is 0 Å². The number of carboxylic acids is 1. The van der Waals surface area contributed by atoms with E-state index in [-0.39, 0.29) is 5.69 Å². The van der Waals surface area contributed by atoms with Crippen molar-refractivity contribution in [3.63, 3.8) is 0 Å². The number of nitrogens with one attached hydrogen (secondary N) is 1. The molecule has 2 N–H and O–H groups in total. The lowest BCUT2D eigenvalue weighted by Crippen LogP contribution is -2.01. The Bertz CT molecular complexity index is 813. The number of carboxylic acid groups (broad SMARTS) is 1. The van der Waals surface area contributed by atoms with Crippen molar-refractivity contribution in [3.8, 4) is 0 Å². The minimum atomic E-state index is -1.05. The predicted octanol–water partition coefficient (Wildman–Crippen LogP) is 3.38. The van der Waals surface area contributed by atoms with Gasteiger partial charge >= 0.3 is 5.97 Å². The molecule has 2 heterocycles. The van der Waals surface area contributed by atoms with Gasteiger partial charge < -0.3 is 10.4 Å². The minimum absolute atomic E-state index is 0.0145. The van der Waals surface area contributed by atoms with E-state index >= 15 is 0 Å².